The molecule has 0 saturated carbocycles. The molecule has 0 bridgehead atoms. The molecule has 2 rings (SSSR count). The van der Waals surface area contributed by atoms with Crippen molar-refractivity contribution in [2.75, 3.05) is 0 Å². The minimum atomic E-state index is -4.00. The summed E-state index contributed by atoms with van der Waals surface area (Å²) < 4.78 is 32.1. The van der Waals surface area contributed by atoms with Gasteiger partial charge in [0, 0.05) is 0 Å². The van der Waals surface area contributed by atoms with Gasteiger partial charge in [0.25, 0.3) is 9.74 Å². The molecule has 0 saturated heterocycles. The summed E-state index contributed by atoms with van der Waals surface area (Å²) in [5, 5.41) is 3.03. The Hall–Kier alpha value is -0.960. The fraction of sp³-hybridized carbons (Fsp3) is 0.615. The molecule has 0 heterocycles. The molecule has 0 spiro atoms. The molecule has 2 aromatic rings. The lowest BCUT2D eigenvalue weighted by molar-refractivity contribution is 0.502. The summed E-state index contributed by atoms with van der Waals surface area (Å²) in [5.41, 5.74) is 2.81. The van der Waals surface area contributed by atoms with Gasteiger partial charge >= 0.3 is 0 Å². The Bertz CT molecular complexity index is 893. The lowest BCUT2D eigenvalue weighted by Gasteiger charge is -2.15. The average molecular weight is 465 g/mol. The summed E-state index contributed by atoms with van der Waals surface area (Å²) in [5.74, 6) is 0. The van der Waals surface area contributed by atoms with E-state index in [1.807, 2.05) is 18.2 Å². The Balaban J connectivity index is 2.17. The van der Waals surface area contributed by atoms with E-state index in [0.29, 0.717) is 5.30 Å². The van der Waals surface area contributed by atoms with Crippen LogP contribution in [0.25, 0.3) is 10.8 Å². The monoisotopic (exact) mass is 464 g/mol. The SMILES string of the molecule is CCCCCCCCc1ccc2ccc(PS(=O)(=O)O)cc2c1CCCCCCCC. The van der Waals surface area contributed by atoms with Crippen molar-refractivity contribution in [2.24, 2.45) is 0 Å². The number of benzene rings is 2. The standard InChI is InChI=1S/C26H41O3PS/c1-3-5-7-9-11-13-15-22-17-18-23-19-20-24(30-31(27,28)29)21-26(23)25(22)16-14-12-10-8-6-4-2/h17-21,30H,3-16H2,1-2H3,(H,27,28,29). The normalized spacial score (nSPS) is 12.4. The van der Waals surface area contributed by atoms with E-state index in [2.05, 4.69) is 26.0 Å². The number of aryl methyl sites for hydroxylation is 2. The molecule has 1 unspecified atom stereocenters. The van der Waals surface area contributed by atoms with E-state index in [1.54, 1.807) is 0 Å². The summed E-state index contributed by atoms with van der Waals surface area (Å²) in [4.78, 5) is 0. The third-order valence-corrected chi connectivity index (χ3v) is 8.34. The molecular weight excluding hydrogens is 423 g/mol. The molecule has 0 aromatic heterocycles. The van der Waals surface area contributed by atoms with Crippen LogP contribution in [0.5, 0.6) is 0 Å². The zero-order valence-corrected chi connectivity index (χ0v) is 21.3. The summed E-state index contributed by atoms with van der Waals surface area (Å²) in [7, 11) is -4.60. The highest BCUT2D eigenvalue weighted by Crippen LogP contribution is 2.28. The molecule has 1 atom stereocenters. The van der Waals surface area contributed by atoms with Crippen LogP contribution >= 0.6 is 7.78 Å². The van der Waals surface area contributed by atoms with Crippen molar-refractivity contribution in [1.82, 2.24) is 0 Å². The second-order valence-electron chi connectivity index (χ2n) is 8.75. The van der Waals surface area contributed by atoms with Crippen molar-refractivity contribution in [3.8, 4) is 0 Å². The van der Waals surface area contributed by atoms with Crippen LogP contribution in [-0.2, 0) is 22.6 Å². The number of hydrogen-bond donors (Lipinski definition) is 1. The van der Waals surface area contributed by atoms with E-state index < -0.39 is 17.5 Å². The fourth-order valence-electron chi connectivity index (χ4n) is 4.35. The maximum atomic E-state index is 11.4. The third-order valence-electron chi connectivity index (χ3n) is 6.06. The lowest BCUT2D eigenvalue weighted by Crippen LogP contribution is -2.03. The van der Waals surface area contributed by atoms with Crippen molar-refractivity contribution in [3.05, 3.63) is 41.5 Å². The minimum absolute atomic E-state index is 0.599. The Labute approximate surface area is 191 Å². The average Bonchev–Trinajstić information content (AvgIpc) is 2.72. The quantitative estimate of drug-likeness (QED) is 0.157. The van der Waals surface area contributed by atoms with Crippen LogP contribution in [0.15, 0.2) is 30.3 Å². The van der Waals surface area contributed by atoms with E-state index in [0.717, 1.165) is 18.2 Å². The highest BCUT2D eigenvalue weighted by Gasteiger charge is 2.12. The van der Waals surface area contributed by atoms with Crippen LogP contribution in [0.1, 0.15) is 102 Å². The second kappa shape index (κ2) is 14.2. The maximum absolute atomic E-state index is 11.4. The zero-order valence-electron chi connectivity index (χ0n) is 19.5. The second-order valence-corrected chi connectivity index (χ2v) is 12.6. The predicted octanol–water partition coefficient (Wildman–Crippen LogP) is 7.75. The van der Waals surface area contributed by atoms with Gasteiger partial charge in [-0.05, 0) is 59.0 Å². The van der Waals surface area contributed by atoms with Crippen molar-refractivity contribution in [3.63, 3.8) is 0 Å². The molecule has 0 amide bonds. The zero-order chi connectivity index (χ0) is 22.5. The Morgan fingerprint density at radius 1 is 0.742 bits per heavy atom. The molecule has 5 heteroatoms. The van der Waals surface area contributed by atoms with Crippen LogP contribution in [0.4, 0.5) is 0 Å². The Morgan fingerprint density at radius 2 is 1.29 bits per heavy atom. The molecular formula is C26H41O3PS. The number of unbranched alkanes of at least 4 members (excludes halogenated alkanes) is 10. The van der Waals surface area contributed by atoms with Crippen molar-refractivity contribution < 1.29 is 13.0 Å². The molecule has 0 aliphatic rings. The number of hydrogen-bond acceptors (Lipinski definition) is 2. The van der Waals surface area contributed by atoms with Crippen LogP contribution in [0.2, 0.25) is 0 Å². The number of rotatable bonds is 16. The molecule has 31 heavy (non-hydrogen) atoms. The van der Waals surface area contributed by atoms with Gasteiger partial charge in [0.2, 0.25) is 0 Å². The Kier molecular flexibility index (Phi) is 12.1. The van der Waals surface area contributed by atoms with Gasteiger partial charge in [-0.1, -0.05) is 102 Å². The van der Waals surface area contributed by atoms with Gasteiger partial charge < -0.3 is 0 Å². The minimum Gasteiger partial charge on any atom is -0.283 e. The first kappa shape index (κ1) is 26.3. The predicted molar refractivity (Wildman–Crippen MR) is 138 cm³/mol. The van der Waals surface area contributed by atoms with Gasteiger partial charge in [-0.3, -0.25) is 4.55 Å². The lowest BCUT2D eigenvalue weighted by atomic mass is 9.91. The maximum Gasteiger partial charge on any atom is 0.282 e. The van der Waals surface area contributed by atoms with Gasteiger partial charge in [0.05, 0.1) is 7.78 Å². The van der Waals surface area contributed by atoms with E-state index in [4.69, 9.17) is 0 Å². The van der Waals surface area contributed by atoms with E-state index in [9.17, 15) is 13.0 Å². The molecule has 3 nitrogen and oxygen atoms in total. The molecule has 0 radical (unpaired) electrons. The number of fused-ring (bicyclic) bond motifs is 1. The van der Waals surface area contributed by atoms with Crippen molar-refractivity contribution in [1.29, 1.82) is 0 Å². The molecule has 0 aliphatic carbocycles. The van der Waals surface area contributed by atoms with Gasteiger partial charge in [-0.2, -0.15) is 8.42 Å². The summed E-state index contributed by atoms with van der Waals surface area (Å²) >= 11 is 0. The van der Waals surface area contributed by atoms with Gasteiger partial charge in [0.15, 0.2) is 0 Å². The first-order valence-corrected chi connectivity index (χ1v) is 15.4. The molecule has 2 aromatic carbocycles. The smallest absolute Gasteiger partial charge is 0.282 e. The highest BCUT2D eigenvalue weighted by atomic mass is 32.8. The topological polar surface area (TPSA) is 54.4 Å². The van der Waals surface area contributed by atoms with Gasteiger partial charge in [0.1, 0.15) is 0 Å². The van der Waals surface area contributed by atoms with Crippen LogP contribution < -0.4 is 5.30 Å². The molecule has 0 fully saturated rings. The van der Waals surface area contributed by atoms with E-state index >= 15 is 0 Å². The first-order valence-electron chi connectivity index (χ1n) is 12.2. The summed E-state index contributed by atoms with van der Waals surface area (Å²) in [6, 6.07) is 10.3. The fourth-order valence-corrected chi connectivity index (χ4v) is 6.27. The summed E-state index contributed by atoms with van der Waals surface area (Å²) in [6.45, 7) is 4.50. The van der Waals surface area contributed by atoms with Crippen LogP contribution in [0, 0.1) is 0 Å². The van der Waals surface area contributed by atoms with Crippen molar-refractivity contribution >= 4 is 33.6 Å². The molecule has 174 valence electrons. The van der Waals surface area contributed by atoms with Gasteiger partial charge in [-0.15, -0.1) is 0 Å². The van der Waals surface area contributed by atoms with Crippen LogP contribution in [-0.4, -0.2) is 13.0 Å². The molecule has 1 N–H and O–H groups in total. The largest absolute Gasteiger partial charge is 0.283 e. The van der Waals surface area contributed by atoms with E-state index in [-0.39, 0.29) is 0 Å². The van der Waals surface area contributed by atoms with E-state index in [1.165, 1.54) is 93.6 Å². The first-order chi connectivity index (χ1) is 14.9. The van der Waals surface area contributed by atoms with Gasteiger partial charge in [-0.25, -0.2) is 0 Å². The third kappa shape index (κ3) is 10.0. The Morgan fingerprint density at radius 3 is 1.90 bits per heavy atom. The van der Waals surface area contributed by atoms with Crippen LogP contribution in [0.3, 0.4) is 0 Å². The highest BCUT2D eigenvalue weighted by molar-refractivity contribution is 8.42. The van der Waals surface area contributed by atoms with Crippen molar-refractivity contribution in [2.45, 2.75) is 104 Å². The summed E-state index contributed by atoms with van der Waals surface area (Å²) in [6.07, 6.45) is 17.5. The molecule has 0 aliphatic heterocycles.